The number of benzene rings is 2. The van der Waals surface area contributed by atoms with E-state index in [0.29, 0.717) is 21.4 Å². The number of nitrogen functional groups attached to an aromatic ring is 1. The summed E-state index contributed by atoms with van der Waals surface area (Å²) in [6.45, 7) is 0. The van der Waals surface area contributed by atoms with Crippen LogP contribution in [0.15, 0.2) is 48.7 Å². The highest BCUT2D eigenvalue weighted by atomic mass is 35.5. The number of rotatable bonds is 2. The molecule has 1 aromatic heterocycles. The van der Waals surface area contributed by atoms with Gasteiger partial charge in [-0.25, -0.2) is 0 Å². The molecule has 5 heteroatoms. The van der Waals surface area contributed by atoms with E-state index in [9.17, 15) is 0 Å². The number of anilines is 3. The van der Waals surface area contributed by atoms with Gasteiger partial charge in [-0.3, -0.25) is 4.98 Å². The van der Waals surface area contributed by atoms with Crippen LogP contribution < -0.4 is 11.1 Å². The first-order valence-electron chi connectivity index (χ1n) is 6.00. The van der Waals surface area contributed by atoms with Gasteiger partial charge < -0.3 is 11.1 Å². The highest BCUT2D eigenvalue weighted by molar-refractivity contribution is 6.39. The van der Waals surface area contributed by atoms with Crippen molar-refractivity contribution in [2.45, 2.75) is 0 Å². The van der Waals surface area contributed by atoms with Crippen LogP contribution in [0.3, 0.4) is 0 Å². The smallest absolute Gasteiger partial charge is 0.0936 e. The largest absolute Gasteiger partial charge is 0.399 e. The molecule has 2 aromatic carbocycles. The molecule has 0 aliphatic carbocycles. The second-order valence-electron chi connectivity index (χ2n) is 4.37. The van der Waals surface area contributed by atoms with Crippen LogP contribution in [0.4, 0.5) is 17.1 Å². The minimum atomic E-state index is 0.475. The van der Waals surface area contributed by atoms with Gasteiger partial charge in [0.1, 0.15) is 0 Å². The van der Waals surface area contributed by atoms with Crippen LogP contribution in [-0.4, -0.2) is 4.98 Å². The van der Waals surface area contributed by atoms with E-state index in [1.807, 2.05) is 30.3 Å². The maximum atomic E-state index is 6.19. The van der Waals surface area contributed by atoms with Crippen molar-refractivity contribution in [3.8, 4) is 0 Å². The Morgan fingerprint density at radius 2 is 1.70 bits per heavy atom. The summed E-state index contributed by atoms with van der Waals surface area (Å²) >= 11 is 12.4. The average molecular weight is 304 g/mol. The number of halogens is 2. The zero-order valence-corrected chi connectivity index (χ0v) is 11.9. The molecule has 3 rings (SSSR count). The minimum Gasteiger partial charge on any atom is -0.399 e. The van der Waals surface area contributed by atoms with Gasteiger partial charge in [-0.1, -0.05) is 41.4 Å². The third-order valence-corrected chi connectivity index (χ3v) is 3.55. The number of hydrogen-bond donors (Lipinski definition) is 2. The van der Waals surface area contributed by atoms with Crippen molar-refractivity contribution in [1.29, 1.82) is 0 Å². The summed E-state index contributed by atoms with van der Waals surface area (Å²) in [5.74, 6) is 0. The molecule has 0 fully saturated rings. The molecule has 1 heterocycles. The molecule has 3 nitrogen and oxygen atoms in total. The van der Waals surface area contributed by atoms with E-state index >= 15 is 0 Å². The van der Waals surface area contributed by atoms with Crippen LogP contribution >= 0.6 is 23.2 Å². The van der Waals surface area contributed by atoms with Gasteiger partial charge in [0.05, 0.1) is 26.9 Å². The first-order chi connectivity index (χ1) is 9.65. The van der Waals surface area contributed by atoms with Crippen molar-refractivity contribution in [1.82, 2.24) is 4.98 Å². The predicted molar refractivity (Wildman–Crippen MR) is 85.9 cm³/mol. The van der Waals surface area contributed by atoms with Crippen molar-refractivity contribution < 1.29 is 0 Å². The van der Waals surface area contributed by atoms with Gasteiger partial charge in [0, 0.05) is 17.3 Å². The van der Waals surface area contributed by atoms with Crippen LogP contribution in [0, 0.1) is 0 Å². The topological polar surface area (TPSA) is 50.9 Å². The maximum absolute atomic E-state index is 6.19. The summed E-state index contributed by atoms with van der Waals surface area (Å²) in [6, 6.07) is 13.1. The molecule has 0 amide bonds. The van der Waals surface area contributed by atoms with Gasteiger partial charge >= 0.3 is 0 Å². The summed E-state index contributed by atoms with van der Waals surface area (Å²) in [6.07, 6.45) is 1.75. The number of fused-ring (bicyclic) bond motifs is 1. The predicted octanol–water partition coefficient (Wildman–Crippen LogP) is 4.87. The molecular weight excluding hydrogens is 293 g/mol. The number of para-hydroxylation sites is 1. The molecular formula is C15H11Cl2N3. The molecule has 3 N–H and O–H groups in total. The van der Waals surface area contributed by atoms with E-state index in [1.54, 1.807) is 18.3 Å². The minimum absolute atomic E-state index is 0.475. The van der Waals surface area contributed by atoms with Gasteiger partial charge in [0.2, 0.25) is 0 Å². The standard InChI is InChI=1S/C15H11Cl2N3/c16-11-7-10(18)8-12(17)15(11)20-13-5-1-3-9-4-2-6-19-14(9)13/h1-8,20H,18H2. The van der Waals surface area contributed by atoms with Crippen LogP contribution in [-0.2, 0) is 0 Å². The Morgan fingerprint density at radius 1 is 1.00 bits per heavy atom. The van der Waals surface area contributed by atoms with Gasteiger partial charge in [-0.05, 0) is 24.3 Å². The highest BCUT2D eigenvalue weighted by Crippen LogP contribution is 2.36. The lowest BCUT2D eigenvalue weighted by Gasteiger charge is -2.12. The van der Waals surface area contributed by atoms with Crippen molar-refractivity contribution in [2.24, 2.45) is 0 Å². The molecule has 0 aliphatic heterocycles. The van der Waals surface area contributed by atoms with Gasteiger partial charge in [-0.2, -0.15) is 0 Å². The van der Waals surface area contributed by atoms with Crippen molar-refractivity contribution >= 4 is 51.2 Å². The molecule has 100 valence electrons. The molecule has 20 heavy (non-hydrogen) atoms. The molecule has 0 saturated carbocycles. The van der Waals surface area contributed by atoms with Crippen LogP contribution in [0.5, 0.6) is 0 Å². The second-order valence-corrected chi connectivity index (χ2v) is 5.18. The Hall–Kier alpha value is -1.97. The Kier molecular flexibility index (Phi) is 3.38. The number of nitrogens with one attached hydrogen (secondary N) is 1. The SMILES string of the molecule is Nc1cc(Cl)c(Nc2cccc3cccnc23)c(Cl)c1. The normalized spacial score (nSPS) is 10.7. The lowest BCUT2D eigenvalue weighted by Crippen LogP contribution is -1.96. The van der Waals surface area contributed by atoms with Crippen LogP contribution in [0.1, 0.15) is 0 Å². The van der Waals surface area contributed by atoms with Gasteiger partial charge in [0.25, 0.3) is 0 Å². The molecule has 0 aliphatic rings. The first-order valence-corrected chi connectivity index (χ1v) is 6.76. The Morgan fingerprint density at radius 3 is 2.45 bits per heavy atom. The zero-order chi connectivity index (χ0) is 14.1. The Labute approximate surface area is 126 Å². The first kappa shape index (κ1) is 13.0. The van der Waals surface area contributed by atoms with E-state index < -0.39 is 0 Å². The summed E-state index contributed by atoms with van der Waals surface area (Å²) in [7, 11) is 0. The number of pyridine rings is 1. The highest BCUT2D eigenvalue weighted by Gasteiger charge is 2.09. The fourth-order valence-corrected chi connectivity index (χ4v) is 2.65. The Balaban J connectivity index is 2.10. The monoisotopic (exact) mass is 303 g/mol. The zero-order valence-electron chi connectivity index (χ0n) is 10.4. The van der Waals surface area contributed by atoms with Crippen LogP contribution in [0.2, 0.25) is 10.0 Å². The summed E-state index contributed by atoms with van der Waals surface area (Å²) in [5.41, 5.74) is 8.56. The van der Waals surface area contributed by atoms with Gasteiger partial charge in [-0.15, -0.1) is 0 Å². The molecule has 0 atom stereocenters. The Bertz CT molecular complexity index is 759. The summed E-state index contributed by atoms with van der Waals surface area (Å²) in [5, 5.41) is 5.22. The van der Waals surface area contributed by atoms with E-state index in [1.165, 1.54) is 0 Å². The quantitative estimate of drug-likeness (QED) is 0.664. The summed E-state index contributed by atoms with van der Waals surface area (Å²) < 4.78 is 0. The number of nitrogens with two attached hydrogens (primary N) is 1. The van der Waals surface area contributed by atoms with E-state index in [4.69, 9.17) is 28.9 Å². The fourth-order valence-electron chi connectivity index (χ4n) is 2.05. The lowest BCUT2D eigenvalue weighted by molar-refractivity contribution is 1.40. The van der Waals surface area contributed by atoms with E-state index in [-0.39, 0.29) is 0 Å². The van der Waals surface area contributed by atoms with E-state index in [2.05, 4.69) is 10.3 Å². The third kappa shape index (κ3) is 2.38. The van der Waals surface area contributed by atoms with Gasteiger partial charge in [0.15, 0.2) is 0 Å². The number of hydrogen-bond acceptors (Lipinski definition) is 3. The molecule has 0 bridgehead atoms. The van der Waals surface area contributed by atoms with Crippen molar-refractivity contribution in [3.05, 3.63) is 58.7 Å². The number of aromatic nitrogens is 1. The molecule has 0 saturated heterocycles. The molecule has 0 spiro atoms. The number of nitrogens with zero attached hydrogens (tertiary/aromatic N) is 1. The van der Waals surface area contributed by atoms with Crippen molar-refractivity contribution in [3.63, 3.8) is 0 Å². The second kappa shape index (κ2) is 5.19. The molecule has 0 unspecified atom stereocenters. The van der Waals surface area contributed by atoms with Crippen molar-refractivity contribution in [2.75, 3.05) is 11.1 Å². The third-order valence-electron chi connectivity index (χ3n) is 2.96. The summed E-state index contributed by atoms with van der Waals surface area (Å²) in [4.78, 5) is 4.38. The van der Waals surface area contributed by atoms with Crippen LogP contribution in [0.25, 0.3) is 10.9 Å². The fraction of sp³-hybridized carbons (Fsp3) is 0. The van der Waals surface area contributed by atoms with E-state index in [0.717, 1.165) is 16.6 Å². The molecule has 0 radical (unpaired) electrons. The molecule has 3 aromatic rings. The maximum Gasteiger partial charge on any atom is 0.0936 e. The lowest BCUT2D eigenvalue weighted by atomic mass is 10.2. The average Bonchev–Trinajstić information content (AvgIpc) is 2.43.